The fourth-order valence-corrected chi connectivity index (χ4v) is 4.75. The molecule has 2 aliphatic rings. The van der Waals surface area contributed by atoms with Crippen LogP contribution in [0.25, 0.3) is 0 Å². The molecule has 2 heterocycles. The highest BCUT2D eigenvalue weighted by atomic mass is 32.2. The fourth-order valence-electron chi connectivity index (χ4n) is 3.66. The number of hydrogen-bond acceptors (Lipinski definition) is 6. The largest absolute Gasteiger partial charge is 0.489 e. The van der Waals surface area contributed by atoms with Gasteiger partial charge >= 0.3 is 10.1 Å². The van der Waals surface area contributed by atoms with Crippen LogP contribution in [-0.4, -0.2) is 25.7 Å². The normalized spacial score (nSPS) is 15.9. The van der Waals surface area contributed by atoms with Crippen LogP contribution in [0.1, 0.15) is 11.1 Å². The summed E-state index contributed by atoms with van der Waals surface area (Å²) in [4.78, 5) is 6.52. The molecule has 0 saturated carbocycles. The molecular weight excluding hydrogens is 436 g/mol. The predicted molar refractivity (Wildman–Crippen MR) is 128 cm³/mol. The topological polar surface area (TPSA) is 68.2 Å². The average molecular weight is 459 g/mol. The Morgan fingerprint density at radius 3 is 2.45 bits per heavy atom. The molecule has 0 N–H and O–H groups in total. The van der Waals surface area contributed by atoms with Crippen molar-refractivity contribution in [3.63, 3.8) is 0 Å². The van der Waals surface area contributed by atoms with Crippen molar-refractivity contribution in [2.45, 2.75) is 13.0 Å². The molecule has 0 bridgehead atoms. The van der Waals surface area contributed by atoms with Crippen molar-refractivity contribution < 1.29 is 17.3 Å². The summed E-state index contributed by atoms with van der Waals surface area (Å²) in [5.41, 5.74) is 2.71. The van der Waals surface area contributed by atoms with E-state index in [4.69, 9.17) is 8.92 Å². The van der Waals surface area contributed by atoms with Gasteiger partial charge in [0.15, 0.2) is 11.6 Å². The molecule has 6 nitrogen and oxygen atoms in total. The molecule has 0 spiro atoms. The van der Waals surface area contributed by atoms with E-state index >= 15 is 0 Å². The second-order valence-electron chi connectivity index (χ2n) is 7.67. The van der Waals surface area contributed by atoms with Gasteiger partial charge in [0, 0.05) is 12.7 Å². The monoisotopic (exact) mass is 458 g/mol. The molecule has 0 aromatic heterocycles. The van der Waals surface area contributed by atoms with Gasteiger partial charge in [-0.3, -0.25) is 0 Å². The molecule has 0 radical (unpaired) electrons. The number of para-hydroxylation sites is 2. The van der Waals surface area contributed by atoms with Gasteiger partial charge in [0.2, 0.25) is 0 Å². The molecule has 5 rings (SSSR count). The number of benzene rings is 3. The summed E-state index contributed by atoms with van der Waals surface area (Å²) in [7, 11) is -3.96. The van der Waals surface area contributed by atoms with E-state index in [1.54, 1.807) is 30.3 Å². The van der Waals surface area contributed by atoms with E-state index in [0.29, 0.717) is 31.1 Å². The number of hydrogen-bond donors (Lipinski definition) is 0. The number of rotatable bonds is 6. The van der Waals surface area contributed by atoms with Crippen LogP contribution in [0.4, 0.5) is 5.69 Å². The number of amidine groups is 1. The molecule has 7 heteroatoms. The lowest BCUT2D eigenvalue weighted by Crippen LogP contribution is -2.34. The molecule has 0 aliphatic carbocycles. The minimum Gasteiger partial charge on any atom is -0.489 e. The third kappa shape index (κ3) is 4.68. The molecular formula is C26H22N2O4S. The van der Waals surface area contributed by atoms with Gasteiger partial charge in [-0.15, -0.1) is 0 Å². The number of fused-ring (bicyclic) bond motifs is 2. The van der Waals surface area contributed by atoms with E-state index in [1.165, 1.54) is 6.08 Å². The van der Waals surface area contributed by atoms with Crippen LogP contribution in [0.2, 0.25) is 0 Å². The van der Waals surface area contributed by atoms with Gasteiger partial charge in [-0.1, -0.05) is 54.6 Å². The van der Waals surface area contributed by atoms with Gasteiger partial charge in [0.25, 0.3) is 0 Å². The maximum Gasteiger partial charge on any atom is 0.343 e. The molecule has 166 valence electrons. The first-order chi connectivity index (χ1) is 16.1. The smallest absolute Gasteiger partial charge is 0.343 e. The highest BCUT2D eigenvalue weighted by molar-refractivity contribution is 7.92. The van der Waals surface area contributed by atoms with Crippen molar-refractivity contribution in [1.29, 1.82) is 0 Å². The first-order valence-electron chi connectivity index (χ1n) is 10.6. The van der Waals surface area contributed by atoms with Crippen molar-refractivity contribution in [2.75, 3.05) is 6.54 Å². The summed E-state index contributed by atoms with van der Waals surface area (Å²) in [5, 5.41) is 0. The lowest BCUT2D eigenvalue weighted by atomic mass is 10.1. The molecule has 33 heavy (non-hydrogen) atoms. The Kier molecular flexibility index (Phi) is 5.71. The first kappa shape index (κ1) is 21.0. The Bertz CT molecular complexity index is 1340. The van der Waals surface area contributed by atoms with E-state index in [9.17, 15) is 8.42 Å². The van der Waals surface area contributed by atoms with Crippen molar-refractivity contribution in [2.24, 2.45) is 4.99 Å². The Balaban J connectivity index is 1.28. The lowest BCUT2D eigenvalue weighted by Gasteiger charge is -2.25. The van der Waals surface area contributed by atoms with E-state index in [-0.39, 0.29) is 10.7 Å². The van der Waals surface area contributed by atoms with E-state index in [0.717, 1.165) is 16.9 Å². The maximum absolute atomic E-state index is 12.8. The van der Waals surface area contributed by atoms with Crippen LogP contribution in [0, 0.1) is 0 Å². The molecule has 0 fully saturated rings. The Morgan fingerprint density at radius 1 is 0.879 bits per heavy atom. The Labute approximate surface area is 193 Å². The van der Waals surface area contributed by atoms with Crippen molar-refractivity contribution >= 4 is 21.6 Å². The SMILES string of the molecule is O=S1(=O)Oc2ccccc2N=C2C1=CC=CN2CCc1ccc(OCc2ccccc2)cc1. The molecule has 0 saturated heterocycles. The van der Waals surface area contributed by atoms with Crippen LogP contribution in [0.3, 0.4) is 0 Å². The van der Waals surface area contributed by atoms with E-state index in [2.05, 4.69) is 4.99 Å². The average Bonchev–Trinajstić information content (AvgIpc) is 2.96. The second-order valence-corrected chi connectivity index (χ2v) is 9.19. The van der Waals surface area contributed by atoms with E-state index in [1.807, 2.05) is 65.7 Å². The number of ether oxygens (including phenoxy) is 1. The van der Waals surface area contributed by atoms with Crippen LogP contribution >= 0.6 is 0 Å². The van der Waals surface area contributed by atoms with Crippen molar-refractivity contribution in [1.82, 2.24) is 4.90 Å². The minimum atomic E-state index is -3.96. The van der Waals surface area contributed by atoms with Crippen molar-refractivity contribution in [3.8, 4) is 11.5 Å². The van der Waals surface area contributed by atoms with Gasteiger partial charge < -0.3 is 13.8 Å². The summed E-state index contributed by atoms with van der Waals surface area (Å²) >= 11 is 0. The van der Waals surface area contributed by atoms with Gasteiger partial charge in [0.05, 0.1) is 0 Å². The van der Waals surface area contributed by atoms with Crippen LogP contribution in [0.5, 0.6) is 11.5 Å². The minimum absolute atomic E-state index is 0.0610. The van der Waals surface area contributed by atoms with Gasteiger partial charge in [0.1, 0.15) is 22.9 Å². The lowest BCUT2D eigenvalue weighted by molar-refractivity contribution is 0.306. The molecule has 0 amide bonds. The van der Waals surface area contributed by atoms with Crippen LogP contribution < -0.4 is 8.92 Å². The predicted octanol–water partition coefficient (Wildman–Crippen LogP) is 4.97. The zero-order valence-electron chi connectivity index (χ0n) is 17.8. The van der Waals surface area contributed by atoms with E-state index < -0.39 is 10.1 Å². The second kappa shape index (κ2) is 8.96. The summed E-state index contributed by atoms with van der Waals surface area (Å²) in [6.45, 7) is 1.08. The zero-order valence-corrected chi connectivity index (χ0v) is 18.6. The van der Waals surface area contributed by atoms with Crippen LogP contribution in [0.15, 0.2) is 107 Å². The molecule has 0 unspecified atom stereocenters. The quantitative estimate of drug-likeness (QED) is 0.488. The van der Waals surface area contributed by atoms with Crippen molar-refractivity contribution in [3.05, 3.63) is 113 Å². The van der Waals surface area contributed by atoms with Crippen LogP contribution in [-0.2, 0) is 23.1 Å². The standard InChI is InChI=1S/C26H22N2O4S/c29-33(30)25-11-6-17-28(26(25)27-23-9-4-5-10-24(23)32-33)18-16-20-12-14-22(15-13-20)31-19-21-7-2-1-3-8-21/h1-15,17H,16,18-19H2. The molecule has 3 aromatic rings. The highest BCUT2D eigenvalue weighted by Gasteiger charge is 2.33. The fraction of sp³-hybridized carbons (Fsp3) is 0.115. The summed E-state index contributed by atoms with van der Waals surface area (Å²) < 4.78 is 36.7. The number of nitrogens with zero attached hydrogens (tertiary/aromatic N) is 2. The highest BCUT2D eigenvalue weighted by Crippen LogP contribution is 2.35. The summed E-state index contributed by atoms with van der Waals surface area (Å²) in [6.07, 6.45) is 5.77. The van der Waals surface area contributed by atoms with Gasteiger partial charge in [-0.25, -0.2) is 4.99 Å². The first-order valence-corrected chi connectivity index (χ1v) is 12.0. The molecule has 3 aromatic carbocycles. The molecule has 0 atom stereocenters. The third-order valence-electron chi connectivity index (χ3n) is 5.38. The zero-order chi connectivity index (χ0) is 22.7. The summed E-state index contributed by atoms with van der Waals surface area (Å²) in [6, 6.07) is 24.9. The molecule has 2 aliphatic heterocycles. The van der Waals surface area contributed by atoms with Gasteiger partial charge in [-0.05, 0) is 54.0 Å². The number of aliphatic imine (C=N–C) groups is 1. The number of allylic oxidation sites excluding steroid dienone is 2. The Hall–Kier alpha value is -3.84. The Morgan fingerprint density at radius 2 is 1.64 bits per heavy atom. The summed E-state index contributed by atoms with van der Waals surface area (Å²) in [5.74, 6) is 1.40. The third-order valence-corrected chi connectivity index (χ3v) is 6.64. The van der Waals surface area contributed by atoms with Gasteiger partial charge in [-0.2, -0.15) is 8.42 Å². The maximum atomic E-state index is 12.8.